The van der Waals surface area contributed by atoms with Crippen molar-refractivity contribution in [1.82, 2.24) is 9.47 Å². The molecule has 6 rings (SSSR count). The van der Waals surface area contributed by atoms with E-state index in [1.165, 1.54) is 34.6 Å². The number of fused-ring (bicyclic) bond motifs is 5. The molecular formula is C31H30FN3O3S. The number of nitrogens with zero attached hydrogens (tertiary/aromatic N) is 2. The summed E-state index contributed by atoms with van der Waals surface area (Å²) in [4.78, 5) is 29.1. The monoisotopic (exact) mass is 543 g/mol. The molecule has 2 amide bonds. The molecule has 8 heteroatoms. The van der Waals surface area contributed by atoms with Gasteiger partial charge in [0.25, 0.3) is 0 Å². The molecule has 0 saturated heterocycles. The standard InChI is InChI=1S/C31H30FN3O3S/c1-2-38-28(36)17-20-12-14-23(15-13-20)33-31(37)35-19-25-24-9-3-4-11-27(24)39-30(25)34-16-6-10-26(34)29(35)21-7-5-8-22(32)18-21/h5-8,10,12-16,18,29H,2-4,9,11,17,19H2,1H3,(H,33,37)/t29-/m0/s1. The summed E-state index contributed by atoms with van der Waals surface area (Å²) in [5.41, 5.74) is 5.63. The maximum Gasteiger partial charge on any atom is 0.322 e. The number of urea groups is 1. The molecule has 3 heterocycles. The Kier molecular flexibility index (Phi) is 6.95. The third-order valence-electron chi connectivity index (χ3n) is 7.46. The largest absolute Gasteiger partial charge is 0.466 e. The molecule has 6 nitrogen and oxygen atoms in total. The third kappa shape index (κ3) is 4.96. The van der Waals surface area contributed by atoms with Crippen molar-refractivity contribution < 1.29 is 18.7 Å². The maximum atomic E-state index is 14.4. The minimum absolute atomic E-state index is 0.179. The number of rotatable bonds is 5. The Balaban J connectivity index is 1.37. The first-order valence-electron chi connectivity index (χ1n) is 13.4. The highest BCUT2D eigenvalue weighted by Gasteiger charge is 2.36. The number of esters is 1. The Bertz CT molecular complexity index is 1520. The van der Waals surface area contributed by atoms with Crippen LogP contribution in [0.4, 0.5) is 14.9 Å². The molecular weight excluding hydrogens is 513 g/mol. The van der Waals surface area contributed by atoms with Gasteiger partial charge in [-0.15, -0.1) is 11.3 Å². The summed E-state index contributed by atoms with van der Waals surface area (Å²) in [5.74, 6) is -0.616. The Morgan fingerprint density at radius 1 is 1.05 bits per heavy atom. The van der Waals surface area contributed by atoms with Gasteiger partial charge in [0.15, 0.2) is 0 Å². The fourth-order valence-corrected chi connectivity index (χ4v) is 7.10. The van der Waals surface area contributed by atoms with Crippen LogP contribution in [0.25, 0.3) is 5.00 Å². The van der Waals surface area contributed by atoms with Gasteiger partial charge in [-0.2, -0.15) is 0 Å². The second kappa shape index (κ2) is 10.7. The summed E-state index contributed by atoms with van der Waals surface area (Å²) < 4.78 is 21.7. The van der Waals surface area contributed by atoms with Crippen LogP contribution < -0.4 is 5.32 Å². The Hall–Kier alpha value is -3.91. The van der Waals surface area contributed by atoms with Crippen molar-refractivity contribution in [3.63, 3.8) is 0 Å². The summed E-state index contributed by atoms with van der Waals surface area (Å²) in [6.45, 7) is 2.55. The average Bonchev–Trinajstić information content (AvgIpc) is 3.52. The van der Waals surface area contributed by atoms with Crippen molar-refractivity contribution in [3.8, 4) is 5.00 Å². The lowest BCUT2D eigenvalue weighted by Crippen LogP contribution is -2.38. The number of carbonyl (C=O) groups excluding carboxylic acids is 2. The number of ether oxygens (including phenoxy) is 1. The molecule has 0 bridgehead atoms. The van der Waals surface area contributed by atoms with Gasteiger partial charge in [-0.25, -0.2) is 9.18 Å². The van der Waals surface area contributed by atoms with Gasteiger partial charge in [0.2, 0.25) is 0 Å². The topological polar surface area (TPSA) is 63.6 Å². The van der Waals surface area contributed by atoms with Crippen LogP contribution in [0.3, 0.4) is 0 Å². The summed E-state index contributed by atoms with van der Waals surface area (Å²) in [6, 6.07) is 17.0. The highest BCUT2D eigenvalue weighted by Crippen LogP contribution is 2.44. The van der Waals surface area contributed by atoms with Crippen LogP contribution in [0.1, 0.15) is 58.6 Å². The van der Waals surface area contributed by atoms with Gasteiger partial charge in [0.1, 0.15) is 10.8 Å². The van der Waals surface area contributed by atoms with Gasteiger partial charge in [0, 0.05) is 22.3 Å². The zero-order chi connectivity index (χ0) is 26.9. The Morgan fingerprint density at radius 2 is 1.87 bits per heavy atom. The number of aryl methyl sites for hydroxylation is 1. The van der Waals surface area contributed by atoms with Crippen molar-refractivity contribution in [1.29, 1.82) is 0 Å². The van der Waals surface area contributed by atoms with E-state index in [1.54, 1.807) is 25.1 Å². The molecule has 39 heavy (non-hydrogen) atoms. The minimum atomic E-state index is -0.474. The van der Waals surface area contributed by atoms with E-state index in [9.17, 15) is 14.0 Å². The number of benzene rings is 2. The predicted molar refractivity (Wildman–Crippen MR) is 150 cm³/mol. The number of aromatic nitrogens is 1. The van der Waals surface area contributed by atoms with Crippen LogP contribution in [-0.2, 0) is 35.3 Å². The Morgan fingerprint density at radius 3 is 2.67 bits per heavy atom. The van der Waals surface area contributed by atoms with Crippen molar-refractivity contribution in [2.24, 2.45) is 0 Å². The number of carbonyl (C=O) groups is 2. The smallest absolute Gasteiger partial charge is 0.322 e. The van der Waals surface area contributed by atoms with Crippen molar-refractivity contribution >= 4 is 29.0 Å². The first-order valence-corrected chi connectivity index (χ1v) is 14.2. The average molecular weight is 544 g/mol. The molecule has 1 N–H and O–H groups in total. The lowest BCUT2D eigenvalue weighted by atomic mass is 9.95. The molecule has 0 radical (unpaired) electrons. The minimum Gasteiger partial charge on any atom is -0.466 e. The van der Waals surface area contributed by atoms with Crippen LogP contribution >= 0.6 is 11.3 Å². The van der Waals surface area contributed by atoms with Gasteiger partial charge >= 0.3 is 12.0 Å². The van der Waals surface area contributed by atoms with Crippen molar-refractivity contribution in [2.45, 2.75) is 51.6 Å². The lowest BCUT2D eigenvalue weighted by molar-refractivity contribution is -0.142. The SMILES string of the molecule is CCOC(=O)Cc1ccc(NC(=O)N2Cc3c(sc4c3CCCC4)-n3cccc3[C@@H]2c2cccc(F)c2)cc1. The maximum absolute atomic E-state index is 14.4. The van der Waals surface area contributed by atoms with E-state index in [4.69, 9.17) is 4.74 Å². The van der Waals surface area contributed by atoms with Crippen LogP contribution in [0, 0.1) is 5.82 Å². The molecule has 1 aliphatic heterocycles. The van der Waals surface area contributed by atoms with E-state index in [0.717, 1.165) is 41.1 Å². The van der Waals surface area contributed by atoms with Crippen LogP contribution in [0.2, 0.25) is 0 Å². The van der Waals surface area contributed by atoms with Crippen LogP contribution in [0.5, 0.6) is 0 Å². The Labute approximate surface area is 231 Å². The number of hydrogen-bond acceptors (Lipinski definition) is 4. The van der Waals surface area contributed by atoms with Gasteiger partial charge < -0.3 is 19.5 Å². The van der Waals surface area contributed by atoms with E-state index in [0.29, 0.717) is 18.8 Å². The van der Waals surface area contributed by atoms with E-state index in [2.05, 4.69) is 9.88 Å². The van der Waals surface area contributed by atoms with E-state index < -0.39 is 6.04 Å². The molecule has 2 aliphatic rings. The number of anilines is 1. The normalized spacial score (nSPS) is 16.1. The van der Waals surface area contributed by atoms with Crippen molar-refractivity contribution in [2.75, 3.05) is 11.9 Å². The molecule has 0 saturated carbocycles. The van der Waals surface area contributed by atoms with E-state index >= 15 is 0 Å². The first-order chi connectivity index (χ1) is 19.0. The molecule has 200 valence electrons. The molecule has 1 aliphatic carbocycles. The molecule has 2 aromatic heterocycles. The molecule has 0 spiro atoms. The van der Waals surface area contributed by atoms with Crippen molar-refractivity contribution in [3.05, 3.63) is 106 Å². The fourth-order valence-electron chi connectivity index (χ4n) is 5.69. The van der Waals surface area contributed by atoms with Gasteiger partial charge in [-0.3, -0.25) is 4.79 Å². The highest BCUT2D eigenvalue weighted by atomic mass is 32.1. The van der Waals surface area contributed by atoms with Gasteiger partial charge in [-0.05, 0) is 85.7 Å². The number of hydrogen-bond donors (Lipinski definition) is 1. The molecule has 1 atom stereocenters. The number of amides is 2. The number of thiophene rings is 1. The van der Waals surface area contributed by atoms with Gasteiger partial charge in [-0.1, -0.05) is 24.3 Å². The molecule has 0 fully saturated rings. The molecule has 2 aromatic carbocycles. The van der Waals surface area contributed by atoms with E-state index in [-0.39, 0.29) is 24.2 Å². The summed E-state index contributed by atoms with van der Waals surface area (Å²) >= 11 is 1.82. The second-order valence-electron chi connectivity index (χ2n) is 9.99. The van der Waals surface area contributed by atoms with E-state index in [1.807, 2.05) is 52.8 Å². The molecule has 4 aromatic rings. The predicted octanol–water partition coefficient (Wildman–Crippen LogP) is 6.80. The summed E-state index contributed by atoms with van der Waals surface area (Å²) in [7, 11) is 0. The number of nitrogens with one attached hydrogen (secondary N) is 1. The zero-order valence-corrected chi connectivity index (χ0v) is 22.6. The van der Waals surface area contributed by atoms with Crippen LogP contribution in [-0.4, -0.2) is 28.1 Å². The third-order valence-corrected chi connectivity index (χ3v) is 8.80. The second-order valence-corrected chi connectivity index (χ2v) is 11.1. The van der Waals surface area contributed by atoms with Crippen LogP contribution in [0.15, 0.2) is 66.9 Å². The number of halogens is 1. The quantitative estimate of drug-likeness (QED) is 0.282. The lowest BCUT2D eigenvalue weighted by Gasteiger charge is -2.31. The summed E-state index contributed by atoms with van der Waals surface area (Å²) in [6.07, 6.45) is 6.64. The fraction of sp³-hybridized carbons (Fsp3) is 0.290. The first kappa shape index (κ1) is 25.4. The molecule has 0 unspecified atom stereocenters. The van der Waals surface area contributed by atoms with Gasteiger partial charge in [0.05, 0.1) is 31.3 Å². The summed E-state index contributed by atoms with van der Waals surface area (Å²) in [5, 5.41) is 4.21. The zero-order valence-electron chi connectivity index (χ0n) is 21.8. The highest BCUT2D eigenvalue weighted by molar-refractivity contribution is 7.15.